The van der Waals surface area contributed by atoms with Gasteiger partial charge in [-0.05, 0) is 12.1 Å². The molecule has 0 aliphatic carbocycles. The fourth-order valence-electron chi connectivity index (χ4n) is 0.840. The van der Waals surface area contributed by atoms with Crippen LogP contribution < -0.4 is 0 Å². The van der Waals surface area contributed by atoms with Gasteiger partial charge in [0, 0.05) is 10.7 Å². The van der Waals surface area contributed by atoms with Gasteiger partial charge >= 0.3 is 0 Å². The summed E-state index contributed by atoms with van der Waals surface area (Å²) in [5, 5.41) is 8.02. The highest BCUT2D eigenvalue weighted by atomic mass is 35.7. The number of halogens is 3. The van der Waals surface area contributed by atoms with Crippen molar-refractivity contribution in [2.75, 3.05) is 0 Å². The van der Waals surface area contributed by atoms with E-state index in [2.05, 4.69) is 0 Å². The van der Waals surface area contributed by atoms with E-state index in [-0.39, 0.29) is 0 Å². The maximum absolute atomic E-state index is 12.8. The van der Waals surface area contributed by atoms with E-state index in [1.165, 1.54) is 6.07 Å². The Morgan fingerprint density at radius 2 is 2.00 bits per heavy atom. The topological polar surface area (TPSA) is 57.9 Å². The fraction of sp³-hybridized carbons (Fsp3) is 0. The molecule has 1 rings (SSSR count). The molecule has 3 nitrogen and oxygen atoms in total. The third kappa shape index (κ3) is 1.98. The summed E-state index contributed by atoms with van der Waals surface area (Å²) in [6.07, 6.45) is 0. The van der Waals surface area contributed by atoms with E-state index in [1.54, 1.807) is 0 Å². The van der Waals surface area contributed by atoms with E-state index in [4.69, 9.17) is 27.5 Å². The Balaban J connectivity index is 3.66. The van der Waals surface area contributed by atoms with Gasteiger partial charge in [0.05, 0.1) is 10.6 Å². The molecule has 0 aliphatic rings. The summed E-state index contributed by atoms with van der Waals surface area (Å²) in [6, 6.07) is 3.20. The lowest BCUT2D eigenvalue weighted by molar-refractivity contribution is 0.607. The molecule has 0 saturated carbocycles. The van der Waals surface area contributed by atoms with Crippen molar-refractivity contribution in [2.24, 2.45) is 0 Å². The smallest absolute Gasteiger partial charge is 0.207 e. The molecule has 0 N–H and O–H groups in total. The van der Waals surface area contributed by atoms with Crippen molar-refractivity contribution in [3.8, 4) is 6.07 Å². The van der Waals surface area contributed by atoms with Gasteiger partial charge in [-0.15, -0.1) is 0 Å². The second kappa shape index (κ2) is 3.73. The summed E-state index contributed by atoms with van der Waals surface area (Å²) in [5.41, 5.74) is -0.485. The molecule has 1 aromatic carbocycles. The first-order valence-corrected chi connectivity index (χ1v) is 5.89. The minimum Gasteiger partial charge on any atom is -0.207 e. The number of hydrogen-bond donors (Lipinski definition) is 0. The summed E-state index contributed by atoms with van der Waals surface area (Å²) in [6.45, 7) is 0. The summed E-state index contributed by atoms with van der Waals surface area (Å²) >= 11 is 5.38. The Hall–Kier alpha value is -0.830. The summed E-state index contributed by atoms with van der Waals surface area (Å²) in [7, 11) is 0.921. The molecule has 0 radical (unpaired) electrons. The first-order chi connectivity index (χ1) is 6.38. The van der Waals surface area contributed by atoms with Gasteiger partial charge in [-0.25, -0.2) is 12.8 Å². The number of nitrogens with zero attached hydrogens (tertiary/aromatic N) is 1. The van der Waals surface area contributed by atoms with Crippen LogP contribution in [0.15, 0.2) is 17.0 Å². The zero-order valence-corrected chi connectivity index (χ0v) is 8.79. The Labute approximate surface area is 89.1 Å². The van der Waals surface area contributed by atoms with E-state index in [9.17, 15) is 12.8 Å². The van der Waals surface area contributed by atoms with Crippen LogP contribution in [0.3, 0.4) is 0 Å². The van der Waals surface area contributed by atoms with Crippen molar-refractivity contribution in [1.29, 1.82) is 5.26 Å². The van der Waals surface area contributed by atoms with Crippen LogP contribution >= 0.6 is 22.3 Å². The third-order valence-corrected chi connectivity index (χ3v) is 3.16. The quantitative estimate of drug-likeness (QED) is 0.722. The summed E-state index contributed by atoms with van der Waals surface area (Å²) in [4.78, 5) is -0.493. The third-order valence-electron chi connectivity index (χ3n) is 1.43. The van der Waals surface area contributed by atoms with E-state index in [0.717, 1.165) is 12.1 Å². The van der Waals surface area contributed by atoms with Gasteiger partial charge in [0.2, 0.25) is 0 Å². The highest BCUT2D eigenvalue weighted by molar-refractivity contribution is 8.13. The Bertz CT molecular complexity index is 521. The predicted octanol–water partition coefficient (Wildman–Crippen LogP) is 2.28. The van der Waals surface area contributed by atoms with Crippen molar-refractivity contribution >= 4 is 31.3 Å². The molecular weight excluding hydrogens is 252 g/mol. The predicted molar refractivity (Wildman–Crippen MR) is 49.2 cm³/mol. The molecule has 0 saturated heterocycles. The lowest BCUT2D eigenvalue weighted by Gasteiger charge is -2.01. The van der Waals surface area contributed by atoms with Crippen molar-refractivity contribution in [2.45, 2.75) is 4.90 Å². The normalized spacial score (nSPS) is 11.0. The monoisotopic (exact) mass is 253 g/mol. The van der Waals surface area contributed by atoms with Gasteiger partial charge in [0.1, 0.15) is 16.8 Å². The van der Waals surface area contributed by atoms with Crippen molar-refractivity contribution < 1.29 is 12.8 Å². The zero-order valence-electron chi connectivity index (χ0n) is 6.46. The largest absolute Gasteiger partial charge is 0.262 e. The van der Waals surface area contributed by atoms with Crippen LogP contribution in [0.5, 0.6) is 0 Å². The molecule has 0 atom stereocenters. The Morgan fingerprint density at radius 1 is 1.43 bits per heavy atom. The lowest BCUT2D eigenvalue weighted by Crippen LogP contribution is -1.97. The standard InChI is InChI=1S/C7H2Cl2FNO2S/c8-7-4(3-11)6(14(9,12)13)2-1-5(7)10/h1-2H. The van der Waals surface area contributed by atoms with Crippen LogP contribution in [0.1, 0.15) is 5.56 Å². The number of benzene rings is 1. The van der Waals surface area contributed by atoms with Gasteiger partial charge in [-0.3, -0.25) is 0 Å². The van der Waals surface area contributed by atoms with Gasteiger partial charge in [0.15, 0.2) is 0 Å². The van der Waals surface area contributed by atoms with Crippen LogP contribution in [0, 0.1) is 17.1 Å². The molecule has 0 fully saturated rings. The molecule has 0 heterocycles. The van der Waals surface area contributed by atoms with Crippen molar-refractivity contribution in [3.63, 3.8) is 0 Å². The minimum absolute atomic E-state index is 0.485. The summed E-state index contributed by atoms with van der Waals surface area (Å²) in [5.74, 6) is -0.868. The molecule has 0 aromatic heterocycles. The van der Waals surface area contributed by atoms with Crippen molar-refractivity contribution in [3.05, 3.63) is 28.5 Å². The van der Waals surface area contributed by atoms with Crippen LogP contribution in [0.4, 0.5) is 4.39 Å². The average molecular weight is 254 g/mol. The molecule has 0 spiro atoms. The van der Waals surface area contributed by atoms with Gasteiger partial charge < -0.3 is 0 Å². The van der Waals surface area contributed by atoms with Crippen LogP contribution in [0.2, 0.25) is 5.02 Å². The second-order valence-corrected chi connectivity index (χ2v) is 5.20. The van der Waals surface area contributed by atoms with Crippen LogP contribution in [-0.2, 0) is 9.05 Å². The molecule has 0 unspecified atom stereocenters. The maximum Gasteiger partial charge on any atom is 0.262 e. The molecular formula is C7H2Cl2FNO2S. The molecule has 1 aromatic rings. The number of nitriles is 1. The highest BCUT2D eigenvalue weighted by Crippen LogP contribution is 2.27. The van der Waals surface area contributed by atoms with Crippen LogP contribution in [-0.4, -0.2) is 8.42 Å². The average Bonchev–Trinajstić information content (AvgIpc) is 2.07. The Kier molecular flexibility index (Phi) is 3.00. The zero-order chi connectivity index (χ0) is 10.9. The summed E-state index contributed by atoms with van der Waals surface area (Å²) < 4.78 is 34.6. The van der Waals surface area contributed by atoms with Gasteiger partial charge in [-0.2, -0.15) is 5.26 Å². The fourth-order valence-corrected chi connectivity index (χ4v) is 2.11. The second-order valence-electron chi connectivity index (χ2n) is 2.28. The molecule has 7 heteroatoms. The highest BCUT2D eigenvalue weighted by Gasteiger charge is 2.20. The van der Waals surface area contributed by atoms with Crippen LogP contribution in [0.25, 0.3) is 0 Å². The number of hydrogen-bond acceptors (Lipinski definition) is 3. The lowest BCUT2D eigenvalue weighted by atomic mass is 10.2. The molecule has 0 amide bonds. The van der Waals surface area contributed by atoms with E-state index in [1.807, 2.05) is 0 Å². The SMILES string of the molecule is N#Cc1c(S(=O)(=O)Cl)ccc(F)c1Cl. The van der Waals surface area contributed by atoms with Crippen molar-refractivity contribution in [1.82, 2.24) is 0 Å². The molecule has 0 aliphatic heterocycles. The number of rotatable bonds is 1. The first-order valence-electron chi connectivity index (χ1n) is 3.20. The molecule has 0 bridgehead atoms. The maximum atomic E-state index is 12.8. The van der Waals surface area contributed by atoms with E-state index >= 15 is 0 Å². The van der Waals surface area contributed by atoms with E-state index < -0.39 is 30.3 Å². The van der Waals surface area contributed by atoms with Gasteiger partial charge in [-0.1, -0.05) is 11.6 Å². The molecule has 14 heavy (non-hydrogen) atoms. The molecule has 74 valence electrons. The minimum atomic E-state index is -4.09. The Morgan fingerprint density at radius 3 is 2.43 bits per heavy atom. The van der Waals surface area contributed by atoms with E-state index in [0.29, 0.717) is 0 Å². The van der Waals surface area contributed by atoms with Gasteiger partial charge in [0.25, 0.3) is 9.05 Å². The first kappa shape index (κ1) is 11.2.